The maximum absolute atomic E-state index is 12.0. The summed E-state index contributed by atoms with van der Waals surface area (Å²) in [5.41, 5.74) is 1.08. The fourth-order valence-electron chi connectivity index (χ4n) is 2.19. The van der Waals surface area contributed by atoms with Crippen molar-refractivity contribution in [2.45, 2.75) is 19.3 Å². The van der Waals surface area contributed by atoms with Crippen molar-refractivity contribution in [3.63, 3.8) is 0 Å². The smallest absolute Gasteiger partial charge is 0.261 e. The quantitative estimate of drug-likeness (QED) is 0.642. The van der Waals surface area contributed by atoms with E-state index in [9.17, 15) is 9.59 Å². The van der Waals surface area contributed by atoms with Gasteiger partial charge in [0.2, 0.25) is 0 Å². The molecule has 104 valence electrons. The summed E-state index contributed by atoms with van der Waals surface area (Å²) < 4.78 is 0. The zero-order valence-corrected chi connectivity index (χ0v) is 11.8. The number of fused-ring (bicyclic) bond motifs is 1. The number of hydrogen-bond acceptors (Lipinski definition) is 3. The molecule has 0 atom stereocenters. The summed E-state index contributed by atoms with van der Waals surface area (Å²) in [6, 6.07) is 7.02. The van der Waals surface area contributed by atoms with Crippen LogP contribution in [0.3, 0.4) is 0 Å². The summed E-state index contributed by atoms with van der Waals surface area (Å²) in [5, 5.41) is 3.08. The Labute approximate surface area is 119 Å². The van der Waals surface area contributed by atoms with Crippen molar-refractivity contribution in [3.8, 4) is 0 Å². The highest BCUT2D eigenvalue weighted by molar-refractivity contribution is 6.21. The van der Waals surface area contributed by atoms with Crippen LogP contribution < -0.4 is 5.32 Å². The zero-order valence-electron chi connectivity index (χ0n) is 11.0. The van der Waals surface area contributed by atoms with Gasteiger partial charge in [-0.1, -0.05) is 18.6 Å². The summed E-state index contributed by atoms with van der Waals surface area (Å²) in [6.07, 6.45) is 2.96. The molecule has 0 aromatic heterocycles. The molecule has 1 aromatic carbocycles. The van der Waals surface area contributed by atoms with Gasteiger partial charge < -0.3 is 5.32 Å². The van der Waals surface area contributed by atoms with Gasteiger partial charge in [0.25, 0.3) is 11.8 Å². The first-order valence-corrected chi connectivity index (χ1v) is 6.35. The van der Waals surface area contributed by atoms with E-state index in [0.29, 0.717) is 17.7 Å². The minimum Gasteiger partial charge on any atom is -0.320 e. The second kappa shape index (κ2) is 7.26. The van der Waals surface area contributed by atoms with E-state index < -0.39 is 0 Å². The number of unbranched alkanes of at least 4 members (excludes halogenated alkanes) is 2. The Balaban J connectivity index is 0.00000180. The highest BCUT2D eigenvalue weighted by Crippen LogP contribution is 2.22. The average molecular weight is 283 g/mol. The van der Waals surface area contributed by atoms with Crippen LogP contribution in [0.2, 0.25) is 0 Å². The van der Waals surface area contributed by atoms with E-state index in [2.05, 4.69) is 5.32 Å². The number of nitrogens with zero attached hydrogens (tertiary/aromatic N) is 1. The van der Waals surface area contributed by atoms with Gasteiger partial charge in [0.1, 0.15) is 0 Å². The van der Waals surface area contributed by atoms with Crippen molar-refractivity contribution < 1.29 is 9.59 Å². The van der Waals surface area contributed by atoms with Gasteiger partial charge in [-0.05, 0) is 38.6 Å². The lowest BCUT2D eigenvalue weighted by atomic mass is 10.1. The maximum Gasteiger partial charge on any atom is 0.261 e. The van der Waals surface area contributed by atoms with Crippen LogP contribution in [0.5, 0.6) is 0 Å². The summed E-state index contributed by atoms with van der Waals surface area (Å²) >= 11 is 0. The highest BCUT2D eigenvalue weighted by Gasteiger charge is 2.34. The second-order valence-corrected chi connectivity index (χ2v) is 4.47. The molecule has 19 heavy (non-hydrogen) atoms. The fraction of sp³-hybridized carbons (Fsp3) is 0.429. The van der Waals surface area contributed by atoms with Gasteiger partial charge in [0.05, 0.1) is 11.1 Å². The third-order valence-electron chi connectivity index (χ3n) is 3.19. The molecule has 0 fully saturated rings. The van der Waals surface area contributed by atoms with E-state index in [4.69, 9.17) is 0 Å². The van der Waals surface area contributed by atoms with Gasteiger partial charge in [0.15, 0.2) is 0 Å². The number of rotatable bonds is 6. The van der Waals surface area contributed by atoms with Gasteiger partial charge in [0, 0.05) is 6.54 Å². The van der Waals surface area contributed by atoms with Gasteiger partial charge in [-0.25, -0.2) is 0 Å². The molecule has 4 nitrogen and oxygen atoms in total. The van der Waals surface area contributed by atoms with Gasteiger partial charge in [-0.2, -0.15) is 0 Å². The maximum atomic E-state index is 12.0. The van der Waals surface area contributed by atoms with Crippen LogP contribution in [-0.2, 0) is 0 Å². The molecule has 0 saturated carbocycles. The molecule has 5 heteroatoms. The summed E-state index contributed by atoms with van der Waals surface area (Å²) in [7, 11) is 1.92. The van der Waals surface area contributed by atoms with Gasteiger partial charge in [-0.15, -0.1) is 12.4 Å². The molecule has 0 spiro atoms. The normalized spacial score (nSPS) is 13.4. The molecule has 0 bridgehead atoms. The van der Waals surface area contributed by atoms with E-state index >= 15 is 0 Å². The molecular weight excluding hydrogens is 264 g/mol. The standard InChI is InChI=1S/C14H18N2O2.ClH/c1-15-9-5-2-6-10-16-13(17)11-7-3-4-8-12(11)14(16)18;/h3-4,7-8,15H,2,5-6,9-10H2,1H3;1H. The molecule has 0 unspecified atom stereocenters. The first kappa shape index (κ1) is 15.7. The zero-order chi connectivity index (χ0) is 13.0. The molecule has 0 radical (unpaired) electrons. The molecule has 0 aliphatic carbocycles. The van der Waals surface area contributed by atoms with Crippen LogP contribution in [0, 0.1) is 0 Å². The van der Waals surface area contributed by atoms with Crippen molar-refractivity contribution in [1.82, 2.24) is 10.2 Å². The predicted molar refractivity (Wildman–Crippen MR) is 76.8 cm³/mol. The van der Waals surface area contributed by atoms with Crippen molar-refractivity contribution in [3.05, 3.63) is 35.4 Å². The fourth-order valence-corrected chi connectivity index (χ4v) is 2.19. The highest BCUT2D eigenvalue weighted by atomic mass is 35.5. The average Bonchev–Trinajstić information content (AvgIpc) is 2.64. The Bertz CT molecular complexity index is 428. The monoisotopic (exact) mass is 282 g/mol. The van der Waals surface area contributed by atoms with Crippen LogP contribution in [0.4, 0.5) is 0 Å². The summed E-state index contributed by atoms with van der Waals surface area (Å²) in [4.78, 5) is 25.4. The first-order chi connectivity index (χ1) is 8.75. The third-order valence-corrected chi connectivity index (χ3v) is 3.19. The van der Waals surface area contributed by atoms with E-state index in [0.717, 1.165) is 25.8 Å². The summed E-state index contributed by atoms with van der Waals surface area (Å²) in [5.74, 6) is -0.298. The molecule has 2 amide bonds. The van der Waals surface area contributed by atoms with Crippen LogP contribution >= 0.6 is 12.4 Å². The molecule has 0 saturated heterocycles. The lowest BCUT2D eigenvalue weighted by Gasteiger charge is -2.13. The lowest BCUT2D eigenvalue weighted by Crippen LogP contribution is -2.30. The van der Waals surface area contributed by atoms with Crippen molar-refractivity contribution >= 4 is 24.2 Å². The van der Waals surface area contributed by atoms with Crippen molar-refractivity contribution in [1.29, 1.82) is 0 Å². The number of benzene rings is 1. The Morgan fingerprint density at radius 2 is 1.58 bits per heavy atom. The lowest BCUT2D eigenvalue weighted by molar-refractivity contribution is 0.0651. The topological polar surface area (TPSA) is 49.4 Å². The van der Waals surface area contributed by atoms with Gasteiger partial charge in [-0.3, -0.25) is 14.5 Å². The van der Waals surface area contributed by atoms with E-state index in [1.807, 2.05) is 7.05 Å². The first-order valence-electron chi connectivity index (χ1n) is 6.35. The Hall–Kier alpha value is -1.39. The second-order valence-electron chi connectivity index (χ2n) is 4.47. The van der Waals surface area contributed by atoms with Crippen LogP contribution in [0.15, 0.2) is 24.3 Å². The van der Waals surface area contributed by atoms with Crippen molar-refractivity contribution in [2.24, 2.45) is 0 Å². The van der Waals surface area contributed by atoms with Crippen LogP contribution in [-0.4, -0.2) is 36.9 Å². The molecule has 1 aliphatic heterocycles. The third kappa shape index (κ3) is 3.33. The van der Waals surface area contributed by atoms with Crippen LogP contribution in [0.1, 0.15) is 40.0 Å². The molecule has 1 aromatic rings. The number of carbonyl (C=O) groups is 2. The molecule has 1 heterocycles. The number of imide groups is 1. The Morgan fingerprint density at radius 1 is 1.00 bits per heavy atom. The Kier molecular flexibility index (Phi) is 5.99. The van der Waals surface area contributed by atoms with E-state index in [-0.39, 0.29) is 24.2 Å². The minimum absolute atomic E-state index is 0. The van der Waals surface area contributed by atoms with E-state index in [1.165, 1.54) is 4.90 Å². The Morgan fingerprint density at radius 3 is 2.11 bits per heavy atom. The predicted octanol–water partition coefficient (Wildman–Crippen LogP) is 2.09. The van der Waals surface area contributed by atoms with Crippen molar-refractivity contribution in [2.75, 3.05) is 20.1 Å². The number of amides is 2. The molecule has 2 rings (SSSR count). The van der Waals surface area contributed by atoms with E-state index in [1.54, 1.807) is 24.3 Å². The number of hydrogen-bond donors (Lipinski definition) is 1. The summed E-state index contributed by atoms with van der Waals surface area (Å²) in [6.45, 7) is 1.50. The molecule has 1 aliphatic rings. The van der Waals surface area contributed by atoms with Crippen LogP contribution in [0.25, 0.3) is 0 Å². The molecular formula is C14H19ClN2O2. The number of nitrogens with one attached hydrogen (secondary N) is 1. The number of carbonyl (C=O) groups excluding carboxylic acids is 2. The van der Waals surface area contributed by atoms with Gasteiger partial charge >= 0.3 is 0 Å². The largest absolute Gasteiger partial charge is 0.320 e. The number of halogens is 1. The SMILES string of the molecule is CNCCCCCN1C(=O)c2ccccc2C1=O.Cl. The molecule has 1 N–H and O–H groups in total. The minimum atomic E-state index is -0.149.